The van der Waals surface area contributed by atoms with Crippen molar-refractivity contribution in [1.29, 1.82) is 0 Å². The summed E-state index contributed by atoms with van der Waals surface area (Å²) in [6, 6.07) is 22.9. The molecule has 0 saturated heterocycles. The van der Waals surface area contributed by atoms with E-state index in [1.807, 2.05) is 30.3 Å². The number of aromatic amines is 1. The van der Waals surface area contributed by atoms with E-state index in [-0.39, 0.29) is 17.3 Å². The highest BCUT2D eigenvalue weighted by Crippen LogP contribution is 2.28. The van der Waals surface area contributed by atoms with Gasteiger partial charge in [0.05, 0.1) is 4.92 Å². The third-order valence-corrected chi connectivity index (χ3v) is 4.57. The number of nitro benzene ring substituents is 1. The van der Waals surface area contributed by atoms with Gasteiger partial charge in [-0.3, -0.25) is 14.9 Å². The molecule has 7 heteroatoms. The predicted molar refractivity (Wildman–Crippen MR) is 111 cm³/mol. The first-order valence-corrected chi connectivity index (χ1v) is 8.90. The molecule has 3 aromatic carbocycles. The number of hydrogen-bond donors (Lipinski definition) is 1. The first kappa shape index (κ1) is 18.2. The monoisotopic (exact) mass is 387 g/mol. The van der Waals surface area contributed by atoms with E-state index in [1.165, 1.54) is 11.0 Å². The number of hydrogen-bond acceptors (Lipinski definition) is 4. The van der Waals surface area contributed by atoms with Gasteiger partial charge in [0.15, 0.2) is 0 Å². The van der Waals surface area contributed by atoms with Crippen LogP contribution < -0.4 is 9.64 Å². The molecule has 1 aromatic heterocycles. The fourth-order valence-electron chi connectivity index (χ4n) is 3.07. The van der Waals surface area contributed by atoms with Gasteiger partial charge in [-0.05, 0) is 42.5 Å². The summed E-state index contributed by atoms with van der Waals surface area (Å²) in [7, 11) is 1.65. The average Bonchev–Trinajstić information content (AvgIpc) is 3.18. The molecule has 29 heavy (non-hydrogen) atoms. The maximum Gasteiger partial charge on any atom is 0.293 e. The Labute approximate surface area is 166 Å². The normalized spacial score (nSPS) is 10.7. The molecule has 0 bridgehead atoms. The van der Waals surface area contributed by atoms with Gasteiger partial charge in [-0.15, -0.1) is 0 Å². The van der Waals surface area contributed by atoms with Crippen molar-refractivity contribution < 1.29 is 14.5 Å². The molecule has 1 amide bonds. The Morgan fingerprint density at radius 3 is 2.34 bits per heavy atom. The number of nitro groups is 1. The lowest BCUT2D eigenvalue weighted by molar-refractivity contribution is -0.383. The highest BCUT2D eigenvalue weighted by atomic mass is 16.6. The van der Waals surface area contributed by atoms with Gasteiger partial charge in [0, 0.05) is 24.2 Å². The van der Waals surface area contributed by atoms with E-state index in [0.29, 0.717) is 22.3 Å². The number of nitrogens with one attached hydrogen (secondary N) is 1. The van der Waals surface area contributed by atoms with Gasteiger partial charge in [-0.2, -0.15) is 0 Å². The zero-order valence-electron chi connectivity index (χ0n) is 15.5. The number of benzene rings is 3. The Morgan fingerprint density at radius 2 is 1.66 bits per heavy atom. The number of rotatable bonds is 5. The van der Waals surface area contributed by atoms with Crippen molar-refractivity contribution >= 4 is 28.2 Å². The Morgan fingerprint density at radius 1 is 0.966 bits per heavy atom. The predicted octanol–water partition coefficient (Wildman–Crippen LogP) is 5.15. The molecule has 4 rings (SSSR count). The number of nitrogens with zero attached hydrogens (tertiary/aromatic N) is 2. The van der Waals surface area contributed by atoms with Crippen molar-refractivity contribution in [3.8, 4) is 11.5 Å². The van der Waals surface area contributed by atoms with Gasteiger partial charge < -0.3 is 14.6 Å². The van der Waals surface area contributed by atoms with Crippen LogP contribution in [0.15, 0.2) is 78.9 Å². The maximum atomic E-state index is 12.9. The molecular weight excluding hydrogens is 370 g/mol. The molecule has 0 saturated carbocycles. The number of anilines is 1. The Kier molecular flexibility index (Phi) is 4.70. The summed E-state index contributed by atoms with van der Waals surface area (Å²) in [6.45, 7) is 0. The van der Waals surface area contributed by atoms with Crippen molar-refractivity contribution in [1.82, 2.24) is 4.98 Å². The minimum absolute atomic E-state index is 0.0633. The van der Waals surface area contributed by atoms with Crippen LogP contribution in [0.3, 0.4) is 0 Å². The van der Waals surface area contributed by atoms with Crippen LogP contribution in [0.1, 0.15) is 10.5 Å². The zero-order chi connectivity index (χ0) is 20.4. The maximum absolute atomic E-state index is 12.9. The molecule has 0 spiro atoms. The molecule has 4 aromatic rings. The topological polar surface area (TPSA) is 88.5 Å². The molecule has 1 N–H and O–H groups in total. The number of H-pyrrole nitrogens is 1. The second-order valence-electron chi connectivity index (χ2n) is 6.45. The highest BCUT2D eigenvalue weighted by Gasteiger charge is 2.20. The molecule has 0 fully saturated rings. The van der Waals surface area contributed by atoms with E-state index in [2.05, 4.69) is 4.98 Å². The van der Waals surface area contributed by atoms with Gasteiger partial charge in [0.2, 0.25) is 0 Å². The molecule has 1 heterocycles. The van der Waals surface area contributed by atoms with Crippen molar-refractivity contribution in [3.05, 3.63) is 94.7 Å². The quantitative estimate of drug-likeness (QED) is 0.379. The van der Waals surface area contributed by atoms with Crippen LogP contribution in [0.5, 0.6) is 11.5 Å². The van der Waals surface area contributed by atoms with Crippen LogP contribution in [0.2, 0.25) is 0 Å². The number of para-hydroxylation sites is 2. The van der Waals surface area contributed by atoms with Crippen molar-refractivity contribution in [2.75, 3.05) is 11.9 Å². The molecule has 0 atom stereocenters. The van der Waals surface area contributed by atoms with Gasteiger partial charge >= 0.3 is 0 Å². The van der Waals surface area contributed by atoms with Crippen LogP contribution in [-0.2, 0) is 0 Å². The average molecular weight is 387 g/mol. The van der Waals surface area contributed by atoms with Gasteiger partial charge in [0.1, 0.15) is 22.7 Å². The van der Waals surface area contributed by atoms with E-state index < -0.39 is 4.92 Å². The molecule has 0 aliphatic carbocycles. The Bertz CT molecular complexity index is 1180. The molecule has 0 unspecified atom stereocenters. The summed E-state index contributed by atoms with van der Waals surface area (Å²) in [4.78, 5) is 27.9. The smallest absolute Gasteiger partial charge is 0.293 e. The Hall–Kier alpha value is -4.13. The number of amides is 1. The second-order valence-corrected chi connectivity index (χ2v) is 6.45. The molecular formula is C22H17N3O4. The van der Waals surface area contributed by atoms with Crippen LogP contribution >= 0.6 is 0 Å². The van der Waals surface area contributed by atoms with E-state index in [0.717, 1.165) is 5.75 Å². The minimum atomic E-state index is -0.470. The largest absolute Gasteiger partial charge is 0.457 e. The highest BCUT2D eigenvalue weighted by molar-refractivity contribution is 6.08. The molecule has 144 valence electrons. The molecule has 7 nitrogen and oxygen atoms in total. The van der Waals surface area contributed by atoms with Crippen molar-refractivity contribution in [2.45, 2.75) is 0 Å². The lowest BCUT2D eigenvalue weighted by Crippen LogP contribution is -2.26. The van der Waals surface area contributed by atoms with Gasteiger partial charge in [0.25, 0.3) is 11.6 Å². The summed E-state index contributed by atoms with van der Waals surface area (Å²) in [5.74, 6) is 1.08. The fraction of sp³-hybridized carbons (Fsp3) is 0.0455. The summed E-state index contributed by atoms with van der Waals surface area (Å²) in [5.41, 5.74) is 1.22. The molecule has 0 aliphatic heterocycles. The van der Waals surface area contributed by atoms with Crippen LogP contribution in [0.25, 0.3) is 10.9 Å². The molecule has 0 radical (unpaired) electrons. The summed E-state index contributed by atoms with van der Waals surface area (Å²) < 4.78 is 5.76. The van der Waals surface area contributed by atoms with Crippen LogP contribution in [0, 0.1) is 10.1 Å². The number of ether oxygens (including phenoxy) is 1. The number of fused-ring (bicyclic) bond motifs is 1. The SMILES string of the molecule is CN(C(=O)c1cc2cccc([N+](=O)[O-])c2[nH]1)c1ccc(Oc2ccccc2)cc1. The third-order valence-electron chi connectivity index (χ3n) is 4.57. The van der Waals surface area contributed by atoms with E-state index in [1.54, 1.807) is 49.5 Å². The number of carbonyl (C=O) groups is 1. The fourth-order valence-corrected chi connectivity index (χ4v) is 3.07. The summed E-state index contributed by atoms with van der Waals surface area (Å²) in [6.07, 6.45) is 0. The number of carbonyl (C=O) groups excluding carboxylic acids is 1. The summed E-state index contributed by atoms with van der Waals surface area (Å²) >= 11 is 0. The van der Waals surface area contributed by atoms with Crippen LogP contribution in [-0.4, -0.2) is 22.9 Å². The van der Waals surface area contributed by atoms with Gasteiger partial charge in [-0.25, -0.2) is 0 Å². The number of aromatic nitrogens is 1. The first-order valence-electron chi connectivity index (χ1n) is 8.90. The van der Waals surface area contributed by atoms with Gasteiger partial charge in [-0.1, -0.05) is 30.3 Å². The van der Waals surface area contributed by atoms with Crippen molar-refractivity contribution in [2.24, 2.45) is 0 Å². The number of non-ortho nitro benzene ring substituents is 1. The lowest BCUT2D eigenvalue weighted by Gasteiger charge is -2.17. The standard InChI is InChI=1S/C22H17N3O4/c1-24(16-10-12-18(13-11-16)29-17-7-3-2-4-8-17)22(26)19-14-15-6-5-9-20(25(27)28)21(15)23-19/h2-14,23H,1H3. The summed E-state index contributed by atoms with van der Waals surface area (Å²) in [5, 5.41) is 11.8. The lowest BCUT2D eigenvalue weighted by atomic mass is 10.2. The van der Waals surface area contributed by atoms with Crippen LogP contribution in [0.4, 0.5) is 11.4 Å². The third kappa shape index (κ3) is 3.66. The van der Waals surface area contributed by atoms with E-state index in [4.69, 9.17) is 4.74 Å². The zero-order valence-corrected chi connectivity index (χ0v) is 15.5. The Balaban J connectivity index is 1.55. The van der Waals surface area contributed by atoms with E-state index in [9.17, 15) is 14.9 Å². The molecule has 0 aliphatic rings. The first-order chi connectivity index (χ1) is 14.0. The van der Waals surface area contributed by atoms with Crippen molar-refractivity contribution in [3.63, 3.8) is 0 Å². The second kappa shape index (κ2) is 7.47. The van der Waals surface area contributed by atoms with E-state index >= 15 is 0 Å². The minimum Gasteiger partial charge on any atom is -0.457 e.